The maximum Gasteiger partial charge on any atom is 0.254 e. The molecule has 1 aromatic carbocycles. The molecule has 9 nitrogen and oxygen atoms in total. The smallest absolute Gasteiger partial charge is 0.254 e. The van der Waals surface area contributed by atoms with Crippen LogP contribution in [0.15, 0.2) is 42.6 Å². The van der Waals surface area contributed by atoms with Crippen LogP contribution in [0.5, 0.6) is 11.5 Å². The van der Waals surface area contributed by atoms with Gasteiger partial charge in [0.2, 0.25) is 12.6 Å². The third kappa shape index (κ3) is 3.04. The summed E-state index contributed by atoms with van der Waals surface area (Å²) < 4.78 is 10.7. The van der Waals surface area contributed by atoms with Crippen LogP contribution >= 0.6 is 0 Å². The van der Waals surface area contributed by atoms with Crippen molar-refractivity contribution < 1.29 is 14.3 Å². The van der Waals surface area contributed by atoms with Crippen molar-refractivity contribution in [1.82, 2.24) is 30.1 Å². The molecule has 0 radical (unpaired) electrons. The van der Waals surface area contributed by atoms with Crippen LogP contribution in [-0.2, 0) is 6.54 Å². The van der Waals surface area contributed by atoms with Crippen molar-refractivity contribution in [3.63, 3.8) is 0 Å². The number of likely N-dealkylation sites (tertiary alicyclic amines) is 1. The van der Waals surface area contributed by atoms with Gasteiger partial charge in [-0.15, -0.1) is 10.2 Å². The van der Waals surface area contributed by atoms with E-state index in [0.29, 0.717) is 41.7 Å². The standard InChI is InChI=1S/C19H18N6O3/c26-19(13-6-7-16-17(10-13)28-12-27-16)24-9-3-4-14(24)11-25-22-18(21-23-25)15-5-1-2-8-20-15/h1-2,5-8,10,14H,3-4,9,11-12H2/t14-/m1/s1. The van der Waals surface area contributed by atoms with Gasteiger partial charge in [-0.05, 0) is 48.4 Å². The van der Waals surface area contributed by atoms with Gasteiger partial charge >= 0.3 is 0 Å². The van der Waals surface area contributed by atoms with Crippen LogP contribution in [-0.4, -0.2) is 55.4 Å². The molecule has 1 saturated heterocycles. The van der Waals surface area contributed by atoms with Crippen LogP contribution in [0.1, 0.15) is 23.2 Å². The highest BCUT2D eigenvalue weighted by atomic mass is 16.7. The van der Waals surface area contributed by atoms with Gasteiger partial charge in [-0.25, -0.2) is 0 Å². The first kappa shape index (κ1) is 16.7. The second-order valence-electron chi connectivity index (χ2n) is 6.75. The number of pyridine rings is 1. The van der Waals surface area contributed by atoms with Gasteiger partial charge in [0.1, 0.15) is 5.69 Å². The number of carbonyl (C=O) groups is 1. The summed E-state index contributed by atoms with van der Waals surface area (Å²) in [4.78, 5) is 20.7. The van der Waals surface area contributed by atoms with Gasteiger partial charge < -0.3 is 14.4 Å². The first-order valence-corrected chi connectivity index (χ1v) is 9.18. The molecule has 9 heteroatoms. The molecule has 1 atom stereocenters. The van der Waals surface area contributed by atoms with Gasteiger partial charge in [0.15, 0.2) is 11.5 Å². The third-order valence-corrected chi connectivity index (χ3v) is 4.98. The van der Waals surface area contributed by atoms with Crippen LogP contribution in [0.2, 0.25) is 0 Å². The van der Waals surface area contributed by atoms with Gasteiger partial charge in [0.25, 0.3) is 5.91 Å². The van der Waals surface area contributed by atoms with Crippen LogP contribution in [0.3, 0.4) is 0 Å². The Hall–Kier alpha value is -3.49. The van der Waals surface area contributed by atoms with E-state index in [-0.39, 0.29) is 18.7 Å². The summed E-state index contributed by atoms with van der Waals surface area (Å²) in [6.45, 7) is 1.39. The molecular formula is C19H18N6O3. The fourth-order valence-electron chi connectivity index (χ4n) is 3.59. The molecule has 0 aliphatic carbocycles. The Morgan fingerprint density at radius 1 is 1.18 bits per heavy atom. The molecule has 2 aromatic heterocycles. The number of aromatic nitrogens is 5. The van der Waals surface area contributed by atoms with Gasteiger partial charge in [-0.3, -0.25) is 9.78 Å². The average molecular weight is 378 g/mol. The zero-order chi connectivity index (χ0) is 18.9. The number of hydrogen-bond acceptors (Lipinski definition) is 7. The molecule has 1 amide bonds. The molecule has 0 unspecified atom stereocenters. The van der Waals surface area contributed by atoms with E-state index in [4.69, 9.17) is 9.47 Å². The fraction of sp³-hybridized carbons (Fsp3) is 0.316. The van der Waals surface area contributed by atoms with E-state index in [2.05, 4.69) is 20.4 Å². The highest BCUT2D eigenvalue weighted by molar-refractivity contribution is 5.95. The van der Waals surface area contributed by atoms with E-state index in [0.717, 1.165) is 12.8 Å². The predicted molar refractivity (Wildman–Crippen MR) is 97.7 cm³/mol. The number of benzene rings is 1. The van der Waals surface area contributed by atoms with Gasteiger partial charge in [-0.2, -0.15) is 4.80 Å². The number of ether oxygens (including phenoxy) is 2. The summed E-state index contributed by atoms with van der Waals surface area (Å²) in [5.41, 5.74) is 1.27. The molecule has 0 saturated carbocycles. The minimum absolute atomic E-state index is 0.0173. The van der Waals surface area contributed by atoms with Crippen molar-refractivity contribution in [2.24, 2.45) is 0 Å². The number of hydrogen-bond donors (Lipinski definition) is 0. The second-order valence-corrected chi connectivity index (χ2v) is 6.75. The zero-order valence-corrected chi connectivity index (χ0v) is 15.1. The van der Waals surface area contributed by atoms with Crippen molar-refractivity contribution in [2.45, 2.75) is 25.4 Å². The predicted octanol–water partition coefficient (Wildman–Crippen LogP) is 1.77. The molecule has 0 N–H and O–H groups in total. The monoisotopic (exact) mass is 378 g/mol. The lowest BCUT2D eigenvalue weighted by atomic mass is 10.1. The Balaban J connectivity index is 1.32. The average Bonchev–Trinajstić information content (AvgIpc) is 3.48. The lowest BCUT2D eigenvalue weighted by molar-refractivity contribution is 0.0717. The molecule has 28 heavy (non-hydrogen) atoms. The molecule has 3 aromatic rings. The lowest BCUT2D eigenvalue weighted by Gasteiger charge is -2.24. The number of fused-ring (bicyclic) bond motifs is 1. The van der Waals surface area contributed by atoms with Gasteiger partial charge in [0, 0.05) is 18.3 Å². The molecule has 4 heterocycles. The number of amides is 1. The van der Waals surface area contributed by atoms with Crippen molar-refractivity contribution in [3.8, 4) is 23.0 Å². The topological polar surface area (TPSA) is 95.3 Å². The van der Waals surface area contributed by atoms with Crippen LogP contribution in [0.4, 0.5) is 0 Å². The summed E-state index contributed by atoms with van der Waals surface area (Å²) in [5, 5.41) is 12.6. The van der Waals surface area contributed by atoms with Crippen LogP contribution in [0.25, 0.3) is 11.5 Å². The first-order chi connectivity index (χ1) is 13.8. The number of rotatable bonds is 4. The first-order valence-electron chi connectivity index (χ1n) is 9.18. The van der Waals surface area contributed by atoms with Crippen molar-refractivity contribution in [2.75, 3.05) is 13.3 Å². The van der Waals surface area contributed by atoms with Gasteiger partial charge in [-0.1, -0.05) is 6.07 Å². The summed E-state index contributed by atoms with van der Waals surface area (Å²) in [6, 6.07) is 10.9. The largest absolute Gasteiger partial charge is 0.454 e. The molecule has 2 aliphatic heterocycles. The molecule has 1 fully saturated rings. The minimum Gasteiger partial charge on any atom is -0.454 e. The minimum atomic E-state index is -0.0223. The van der Waals surface area contributed by atoms with E-state index >= 15 is 0 Å². The molecule has 5 rings (SSSR count). The highest BCUT2D eigenvalue weighted by Gasteiger charge is 2.31. The highest BCUT2D eigenvalue weighted by Crippen LogP contribution is 2.33. The SMILES string of the molecule is O=C(c1ccc2c(c1)OCO2)N1CCC[C@@H]1Cn1nnc(-c2ccccn2)n1. The van der Waals surface area contributed by atoms with Crippen molar-refractivity contribution >= 4 is 5.91 Å². The summed E-state index contributed by atoms with van der Waals surface area (Å²) in [5.74, 6) is 1.74. The molecule has 2 aliphatic rings. The van der Waals surface area contributed by atoms with E-state index < -0.39 is 0 Å². The number of carbonyl (C=O) groups excluding carboxylic acids is 1. The Labute approximate surface area is 160 Å². The third-order valence-electron chi connectivity index (χ3n) is 4.98. The zero-order valence-electron chi connectivity index (χ0n) is 15.1. The number of nitrogens with zero attached hydrogens (tertiary/aromatic N) is 6. The fourth-order valence-corrected chi connectivity index (χ4v) is 3.59. The van der Waals surface area contributed by atoms with Crippen molar-refractivity contribution in [3.05, 3.63) is 48.2 Å². The molecular weight excluding hydrogens is 360 g/mol. The van der Waals surface area contributed by atoms with E-state index in [1.807, 2.05) is 23.1 Å². The van der Waals surface area contributed by atoms with Crippen molar-refractivity contribution in [1.29, 1.82) is 0 Å². The normalized spacial score (nSPS) is 17.9. The number of tetrazole rings is 1. The van der Waals surface area contributed by atoms with Gasteiger partial charge in [0.05, 0.1) is 12.6 Å². The quantitative estimate of drug-likeness (QED) is 0.683. The van der Waals surface area contributed by atoms with E-state index in [1.54, 1.807) is 29.2 Å². The molecule has 0 spiro atoms. The Kier molecular flexibility index (Phi) is 4.12. The van der Waals surface area contributed by atoms with E-state index in [1.165, 1.54) is 0 Å². The summed E-state index contributed by atoms with van der Waals surface area (Å²) in [6.07, 6.45) is 3.54. The second kappa shape index (κ2) is 6.91. The Morgan fingerprint density at radius 3 is 3.00 bits per heavy atom. The summed E-state index contributed by atoms with van der Waals surface area (Å²) in [7, 11) is 0. The Bertz CT molecular complexity index is 1010. The summed E-state index contributed by atoms with van der Waals surface area (Å²) >= 11 is 0. The van der Waals surface area contributed by atoms with E-state index in [9.17, 15) is 4.79 Å². The maximum atomic E-state index is 13.0. The van der Waals surface area contributed by atoms with Crippen LogP contribution in [0, 0.1) is 0 Å². The molecule has 0 bridgehead atoms. The lowest BCUT2D eigenvalue weighted by Crippen LogP contribution is -2.38. The van der Waals surface area contributed by atoms with Crippen LogP contribution < -0.4 is 9.47 Å². The molecule has 142 valence electrons. The maximum absolute atomic E-state index is 13.0. The Morgan fingerprint density at radius 2 is 2.11 bits per heavy atom.